The minimum atomic E-state index is -0.286. The maximum atomic E-state index is 10.2. The lowest BCUT2D eigenvalue weighted by molar-refractivity contribution is -0.403. The molecular weight excluding hydrogens is 142 g/mol. The molecule has 2 atom stereocenters. The Morgan fingerprint density at radius 1 is 1.45 bits per heavy atom. The fourth-order valence-electron chi connectivity index (χ4n) is 3.19. The Balaban J connectivity index is 1.97. The molecule has 4 saturated carbocycles. The molecule has 11 heavy (non-hydrogen) atoms. The van der Waals surface area contributed by atoms with E-state index in [0.29, 0.717) is 11.8 Å². The summed E-state index contributed by atoms with van der Waals surface area (Å²) in [4.78, 5) is 9.93. The summed E-state index contributed by atoms with van der Waals surface area (Å²) in [5, 5.41) is 10.2. The van der Waals surface area contributed by atoms with Crippen LogP contribution in [0.2, 0.25) is 0 Å². The highest BCUT2D eigenvalue weighted by Crippen LogP contribution is 2.72. The molecule has 0 aromatic carbocycles. The van der Waals surface area contributed by atoms with Crippen molar-refractivity contribution >= 4 is 0 Å². The number of nitrogens with zero attached hydrogens (tertiary/aromatic N) is 1. The third-order valence-electron chi connectivity index (χ3n) is 3.56. The Morgan fingerprint density at radius 2 is 2.09 bits per heavy atom. The number of allylic oxidation sites excluding steroid dienone is 1. The molecule has 0 aromatic rings. The van der Waals surface area contributed by atoms with Crippen molar-refractivity contribution < 1.29 is 4.92 Å². The van der Waals surface area contributed by atoms with Crippen LogP contribution >= 0.6 is 0 Å². The second kappa shape index (κ2) is 1.49. The Bertz CT molecular complexity index is 255. The van der Waals surface area contributed by atoms with Crippen molar-refractivity contribution in [1.82, 2.24) is 0 Å². The van der Waals surface area contributed by atoms with Crippen LogP contribution < -0.4 is 0 Å². The first-order valence-electron chi connectivity index (χ1n) is 4.12. The van der Waals surface area contributed by atoms with Crippen LogP contribution in [-0.2, 0) is 0 Å². The molecule has 4 bridgehead atoms. The van der Waals surface area contributed by atoms with Crippen LogP contribution in [-0.4, -0.2) is 4.92 Å². The summed E-state index contributed by atoms with van der Waals surface area (Å²) in [5.41, 5.74) is 1.16. The molecule has 4 rings (SSSR count). The zero-order valence-electron chi connectivity index (χ0n) is 6.06. The van der Waals surface area contributed by atoms with Crippen LogP contribution in [0.1, 0.15) is 12.8 Å². The molecule has 0 spiro atoms. The predicted molar refractivity (Wildman–Crippen MR) is 38.3 cm³/mol. The molecule has 3 heteroatoms. The quantitative estimate of drug-likeness (QED) is 0.420. The summed E-state index contributed by atoms with van der Waals surface area (Å²) in [7, 11) is 0. The number of rotatable bonds is 1. The van der Waals surface area contributed by atoms with Crippen LogP contribution in [0.25, 0.3) is 0 Å². The van der Waals surface area contributed by atoms with Gasteiger partial charge in [0.1, 0.15) is 0 Å². The summed E-state index contributed by atoms with van der Waals surface area (Å²) in [6, 6.07) is 0. The lowest BCUT2D eigenvalue weighted by Gasteiger charge is -1.97. The minimum Gasteiger partial charge on any atom is -0.259 e. The van der Waals surface area contributed by atoms with Crippen LogP contribution in [0, 0.1) is 33.8 Å². The minimum absolute atomic E-state index is 0.286. The van der Waals surface area contributed by atoms with Crippen LogP contribution in [0.15, 0.2) is 11.8 Å². The normalized spacial score (nSPS) is 53.6. The van der Waals surface area contributed by atoms with E-state index in [2.05, 4.69) is 0 Å². The maximum absolute atomic E-state index is 10.2. The summed E-state index contributed by atoms with van der Waals surface area (Å²) in [6.07, 6.45) is 3.76. The van der Waals surface area contributed by atoms with Crippen LogP contribution in [0.5, 0.6) is 0 Å². The average molecular weight is 151 g/mol. The largest absolute Gasteiger partial charge is 0.259 e. The van der Waals surface area contributed by atoms with E-state index in [9.17, 15) is 10.1 Å². The van der Waals surface area contributed by atoms with Crippen LogP contribution in [0.3, 0.4) is 0 Å². The van der Waals surface area contributed by atoms with Gasteiger partial charge in [-0.15, -0.1) is 0 Å². The topological polar surface area (TPSA) is 43.1 Å². The second-order valence-corrected chi connectivity index (χ2v) is 3.94. The van der Waals surface area contributed by atoms with E-state index in [-0.39, 0.29) is 4.92 Å². The number of hydrogen-bond donors (Lipinski definition) is 0. The Kier molecular flexibility index (Phi) is 0.780. The predicted octanol–water partition coefficient (Wildman–Crippen LogP) is 1.43. The van der Waals surface area contributed by atoms with Gasteiger partial charge < -0.3 is 0 Å². The van der Waals surface area contributed by atoms with Gasteiger partial charge in [-0.3, -0.25) is 10.1 Å². The zero-order valence-corrected chi connectivity index (χ0v) is 6.06. The lowest BCUT2D eigenvalue weighted by Crippen LogP contribution is -1.94. The van der Waals surface area contributed by atoms with Gasteiger partial charge in [0.05, 0.1) is 4.92 Å². The summed E-state index contributed by atoms with van der Waals surface area (Å²) < 4.78 is 0. The van der Waals surface area contributed by atoms with E-state index in [1.54, 1.807) is 0 Å². The molecule has 0 aromatic heterocycles. The molecule has 0 heterocycles. The Labute approximate surface area is 64.2 Å². The fraction of sp³-hybridized carbons (Fsp3) is 0.750. The number of hydrogen-bond acceptors (Lipinski definition) is 2. The highest BCUT2D eigenvalue weighted by atomic mass is 16.6. The maximum Gasteiger partial charge on any atom is 0.234 e. The third-order valence-corrected chi connectivity index (χ3v) is 3.56. The van der Waals surface area contributed by atoms with E-state index < -0.39 is 0 Å². The van der Waals surface area contributed by atoms with Crippen molar-refractivity contribution in [3.63, 3.8) is 0 Å². The highest BCUT2D eigenvalue weighted by Gasteiger charge is 2.66. The smallest absolute Gasteiger partial charge is 0.234 e. The first-order valence-corrected chi connectivity index (χ1v) is 4.12. The monoisotopic (exact) mass is 151 g/mol. The Hall–Kier alpha value is -0.860. The molecule has 4 aliphatic carbocycles. The first-order chi connectivity index (χ1) is 5.27. The lowest BCUT2D eigenvalue weighted by atomic mass is 10.1. The van der Waals surface area contributed by atoms with Crippen LogP contribution in [0.4, 0.5) is 0 Å². The van der Waals surface area contributed by atoms with Gasteiger partial charge >= 0.3 is 0 Å². The zero-order chi connectivity index (χ0) is 7.59. The summed E-state index contributed by atoms with van der Waals surface area (Å²) >= 11 is 0. The van der Waals surface area contributed by atoms with Gasteiger partial charge in [0.2, 0.25) is 6.20 Å². The molecule has 0 aliphatic heterocycles. The third kappa shape index (κ3) is 0.549. The van der Waals surface area contributed by atoms with E-state index >= 15 is 0 Å². The van der Waals surface area contributed by atoms with E-state index in [4.69, 9.17) is 0 Å². The van der Waals surface area contributed by atoms with Crippen molar-refractivity contribution in [2.45, 2.75) is 12.8 Å². The molecule has 0 amide bonds. The molecule has 0 saturated heterocycles. The first kappa shape index (κ1) is 5.75. The number of nitro groups is 1. The molecule has 4 fully saturated rings. The highest BCUT2D eigenvalue weighted by molar-refractivity contribution is 5.33. The van der Waals surface area contributed by atoms with Crippen molar-refractivity contribution in [2.75, 3.05) is 0 Å². The van der Waals surface area contributed by atoms with Crippen molar-refractivity contribution in [3.8, 4) is 0 Å². The van der Waals surface area contributed by atoms with Gasteiger partial charge in [0, 0.05) is 5.57 Å². The van der Waals surface area contributed by atoms with Crippen molar-refractivity contribution in [2.24, 2.45) is 23.7 Å². The van der Waals surface area contributed by atoms with E-state index in [1.807, 2.05) is 0 Å². The molecule has 0 radical (unpaired) electrons. The molecule has 4 aliphatic rings. The molecule has 3 nitrogen and oxygen atoms in total. The van der Waals surface area contributed by atoms with Gasteiger partial charge in [-0.05, 0) is 36.5 Å². The molecular formula is C8H9NO2. The summed E-state index contributed by atoms with van der Waals surface area (Å²) in [5.74, 6) is 2.95. The van der Waals surface area contributed by atoms with Gasteiger partial charge in [-0.2, -0.15) is 0 Å². The van der Waals surface area contributed by atoms with E-state index in [0.717, 1.165) is 17.4 Å². The van der Waals surface area contributed by atoms with Gasteiger partial charge in [0.15, 0.2) is 0 Å². The van der Waals surface area contributed by atoms with Crippen molar-refractivity contribution in [1.29, 1.82) is 0 Å². The van der Waals surface area contributed by atoms with Crippen molar-refractivity contribution in [3.05, 3.63) is 21.9 Å². The Morgan fingerprint density at radius 3 is 2.45 bits per heavy atom. The van der Waals surface area contributed by atoms with E-state index in [1.165, 1.54) is 19.0 Å². The summed E-state index contributed by atoms with van der Waals surface area (Å²) in [6.45, 7) is 0. The average Bonchev–Trinajstić information content (AvgIpc) is 2.30. The molecule has 2 unspecified atom stereocenters. The second-order valence-electron chi connectivity index (χ2n) is 3.94. The SMILES string of the molecule is O=[N+]([O-])/C=C1/C2CC3C(C2)C13. The van der Waals surface area contributed by atoms with Gasteiger partial charge in [0.25, 0.3) is 0 Å². The fourth-order valence-corrected chi connectivity index (χ4v) is 3.19. The molecule has 0 N–H and O–H groups in total. The molecule has 58 valence electrons. The van der Waals surface area contributed by atoms with Gasteiger partial charge in [-0.1, -0.05) is 0 Å². The van der Waals surface area contributed by atoms with Gasteiger partial charge in [-0.25, -0.2) is 0 Å². The standard InChI is InChI=1S/C8H9NO2/c10-9(11)3-7-4-1-5-6(2-4)8(5)7/h3-6,8H,1-2H2/b7-3-.